The van der Waals surface area contributed by atoms with Crippen LogP contribution in [-0.4, -0.2) is 121 Å². The van der Waals surface area contributed by atoms with Crippen LogP contribution in [0.3, 0.4) is 0 Å². The molecule has 0 unspecified atom stereocenters. The topological polar surface area (TPSA) is 251 Å². The molecular formula is C52H78O18S. The highest BCUT2D eigenvalue weighted by molar-refractivity contribution is 7.91. The van der Waals surface area contributed by atoms with Gasteiger partial charge >= 0.3 is 35.8 Å². The summed E-state index contributed by atoms with van der Waals surface area (Å²) in [5, 5.41) is 17.5. The highest BCUT2D eigenvalue weighted by atomic mass is 32.2. The maximum Gasteiger partial charge on any atom is 0.305 e. The molecule has 0 bridgehead atoms. The van der Waals surface area contributed by atoms with Gasteiger partial charge < -0.3 is 48.1 Å². The fraction of sp³-hybridized carbons (Fsp3) is 0.654. The highest BCUT2D eigenvalue weighted by Crippen LogP contribution is 2.25. The van der Waals surface area contributed by atoms with Gasteiger partial charge in [-0.3, -0.25) is 28.8 Å². The van der Waals surface area contributed by atoms with Crippen molar-refractivity contribution in [1.29, 1.82) is 0 Å². The van der Waals surface area contributed by atoms with Crippen LogP contribution in [0.4, 0.5) is 0 Å². The van der Waals surface area contributed by atoms with Gasteiger partial charge in [0.15, 0.2) is 0 Å². The second-order valence-electron chi connectivity index (χ2n) is 16.8. The molecule has 0 atom stereocenters. The predicted molar refractivity (Wildman–Crippen MR) is 260 cm³/mol. The molecule has 0 radical (unpaired) electrons. The van der Waals surface area contributed by atoms with Crippen molar-refractivity contribution in [2.45, 2.75) is 164 Å². The molecule has 0 aliphatic rings. The third-order valence-corrected chi connectivity index (χ3v) is 12.5. The minimum absolute atomic E-state index is 0.0189. The van der Waals surface area contributed by atoms with Crippen molar-refractivity contribution in [2.24, 2.45) is 0 Å². The van der Waals surface area contributed by atoms with E-state index in [1.807, 2.05) is 0 Å². The Labute approximate surface area is 419 Å². The Bertz CT molecular complexity index is 1760. The van der Waals surface area contributed by atoms with Gasteiger partial charge in [0.1, 0.15) is 37.9 Å². The van der Waals surface area contributed by atoms with Gasteiger partial charge in [-0.2, -0.15) is 0 Å². The molecule has 0 aliphatic heterocycles. The van der Waals surface area contributed by atoms with E-state index in [4.69, 9.17) is 48.1 Å². The molecule has 71 heavy (non-hydrogen) atoms. The highest BCUT2D eigenvalue weighted by Gasteiger charge is 2.18. The van der Waals surface area contributed by atoms with E-state index >= 15 is 0 Å². The Kier molecular flexibility index (Phi) is 35.1. The molecule has 2 aromatic rings. The number of esters is 6. The van der Waals surface area contributed by atoms with Crippen LogP contribution in [0.1, 0.15) is 154 Å². The molecule has 2 N–H and O–H groups in total. The first kappa shape index (κ1) is 61.8. The molecule has 0 heterocycles. The number of aliphatic hydroxyl groups excluding tert-OH is 2. The van der Waals surface area contributed by atoms with Crippen LogP contribution in [0.2, 0.25) is 0 Å². The average Bonchev–Trinajstić information content (AvgIpc) is 3.36. The molecule has 0 saturated heterocycles. The summed E-state index contributed by atoms with van der Waals surface area (Å²) in [6, 6.07) is 11.8. The van der Waals surface area contributed by atoms with E-state index in [1.54, 1.807) is 0 Å². The summed E-state index contributed by atoms with van der Waals surface area (Å²) in [7, 11) is -3.84. The number of rotatable bonds is 44. The number of hydrogen-bond acceptors (Lipinski definition) is 18. The Morgan fingerprint density at radius 3 is 0.803 bits per heavy atom. The van der Waals surface area contributed by atoms with Crippen LogP contribution in [0.15, 0.2) is 58.3 Å². The number of hydrogen-bond donors (Lipinski definition) is 2. The Morgan fingerprint density at radius 2 is 0.549 bits per heavy atom. The molecule has 400 valence electrons. The van der Waals surface area contributed by atoms with Crippen molar-refractivity contribution >= 4 is 45.7 Å². The number of unbranched alkanes of at least 4 members (excludes halogenated alkanes) is 12. The summed E-state index contributed by atoms with van der Waals surface area (Å²) in [6.45, 7) is 1.65. The zero-order valence-corrected chi connectivity index (χ0v) is 42.3. The van der Waals surface area contributed by atoms with E-state index in [0.29, 0.717) is 140 Å². The van der Waals surface area contributed by atoms with Gasteiger partial charge in [0.25, 0.3) is 0 Å². The third kappa shape index (κ3) is 32.4. The smallest absolute Gasteiger partial charge is 0.305 e. The van der Waals surface area contributed by atoms with Gasteiger partial charge in [0.05, 0.1) is 36.2 Å². The number of ether oxygens (including phenoxy) is 8. The van der Waals surface area contributed by atoms with E-state index in [0.717, 1.165) is 25.7 Å². The predicted octanol–water partition coefficient (Wildman–Crippen LogP) is 7.88. The number of sulfone groups is 1. The standard InChI is InChI=1S/C52H78O18S/c53-33-13-1-7-19-47(55)65-35-15-3-9-21-49(57)67-37-17-5-11-23-51(59)69-41-39-63-43-25-29-45(30-26-43)71(61,62)46-31-27-44(28-32-46)64-40-42-70-52(60)24-12-6-18-38-68-50(58)22-10-4-16-36-66-48(56)20-8-2-14-34-54/h25-32,53-54H,1-24,33-42H2. The molecule has 0 aromatic heterocycles. The Balaban J connectivity index is 1.46. The summed E-state index contributed by atoms with van der Waals surface area (Å²) in [5.41, 5.74) is 0. The largest absolute Gasteiger partial charge is 0.490 e. The molecule has 0 aliphatic carbocycles. The number of benzene rings is 2. The van der Waals surface area contributed by atoms with Gasteiger partial charge in [-0.1, -0.05) is 12.8 Å². The van der Waals surface area contributed by atoms with Crippen LogP contribution >= 0.6 is 0 Å². The first-order valence-electron chi connectivity index (χ1n) is 25.3. The summed E-state index contributed by atoms with van der Waals surface area (Å²) < 4.78 is 69.0. The van der Waals surface area contributed by atoms with Crippen molar-refractivity contribution in [3.63, 3.8) is 0 Å². The first-order chi connectivity index (χ1) is 34.4. The maximum absolute atomic E-state index is 13.2. The van der Waals surface area contributed by atoms with E-state index in [2.05, 4.69) is 0 Å². The minimum Gasteiger partial charge on any atom is -0.490 e. The van der Waals surface area contributed by atoms with Crippen molar-refractivity contribution in [3.8, 4) is 11.5 Å². The fourth-order valence-electron chi connectivity index (χ4n) is 6.68. The van der Waals surface area contributed by atoms with E-state index in [1.165, 1.54) is 48.5 Å². The zero-order valence-electron chi connectivity index (χ0n) is 41.5. The lowest BCUT2D eigenvalue weighted by Crippen LogP contribution is -2.12. The molecule has 0 spiro atoms. The lowest BCUT2D eigenvalue weighted by molar-refractivity contribution is -0.145. The molecular weight excluding hydrogens is 945 g/mol. The summed E-state index contributed by atoms with van der Waals surface area (Å²) >= 11 is 0. The first-order valence-corrected chi connectivity index (χ1v) is 26.8. The normalized spacial score (nSPS) is 11.1. The minimum atomic E-state index is -3.84. The molecule has 0 saturated carbocycles. The molecule has 18 nitrogen and oxygen atoms in total. The average molecular weight is 1020 g/mol. The second-order valence-corrected chi connectivity index (χ2v) is 18.7. The third-order valence-electron chi connectivity index (χ3n) is 10.7. The van der Waals surface area contributed by atoms with Crippen molar-refractivity contribution in [1.82, 2.24) is 0 Å². The van der Waals surface area contributed by atoms with Gasteiger partial charge in [-0.05, 0) is 151 Å². The second kappa shape index (κ2) is 40.3. The SMILES string of the molecule is O=C(CCCCCO)OCCCCCC(=O)OCCCCCC(=O)OCCOc1ccc(S(=O)(=O)c2ccc(OCCOC(=O)CCCCCOC(=O)CCCCCOC(=O)CCCCCO)cc2)cc1. The molecule has 19 heteroatoms. The van der Waals surface area contributed by atoms with Gasteiger partial charge in [-0.15, -0.1) is 0 Å². The monoisotopic (exact) mass is 1020 g/mol. The van der Waals surface area contributed by atoms with Crippen LogP contribution in [0.5, 0.6) is 11.5 Å². The van der Waals surface area contributed by atoms with Crippen LogP contribution in [0.25, 0.3) is 0 Å². The quantitative estimate of drug-likeness (QED) is 0.0364. The zero-order chi connectivity index (χ0) is 51.6. The lowest BCUT2D eigenvalue weighted by atomic mass is 10.2. The summed E-state index contributed by atoms with van der Waals surface area (Å²) in [5.74, 6) is -0.984. The fourth-order valence-corrected chi connectivity index (χ4v) is 7.94. The van der Waals surface area contributed by atoms with Gasteiger partial charge in [-0.25, -0.2) is 8.42 Å². The van der Waals surface area contributed by atoms with Crippen molar-refractivity contribution in [2.75, 3.05) is 66.1 Å². The molecule has 2 rings (SSSR count). The molecule has 2 aromatic carbocycles. The van der Waals surface area contributed by atoms with Crippen molar-refractivity contribution < 1.29 is 85.3 Å². The maximum atomic E-state index is 13.2. The molecule has 0 amide bonds. The number of carbonyl (C=O) groups is 6. The molecule has 0 fully saturated rings. The van der Waals surface area contributed by atoms with Gasteiger partial charge in [0, 0.05) is 51.7 Å². The van der Waals surface area contributed by atoms with Crippen LogP contribution < -0.4 is 9.47 Å². The van der Waals surface area contributed by atoms with Gasteiger partial charge in [0.2, 0.25) is 9.84 Å². The van der Waals surface area contributed by atoms with E-state index in [9.17, 15) is 37.2 Å². The summed E-state index contributed by atoms with van der Waals surface area (Å²) in [4.78, 5) is 71.5. The van der Waals surface area contributed by atoms with E-state index in [-0.39, 0.29) is 111 Å². The van der Waals surface area contributed by atoms with Crippen LogP contribution in [-0.2, 0) is 67.0 Å². The van der Waals surface area contributed by atoms with Crippen LogP contribution in [0, 0.1) is 0 Å². The van der Waals surface area contributed by atoms with E-state index < -0.39 is 9.84 Å². The Hall–Kier alpha value is -5.27. The summed E-state index contributed by atoms with van der Waals surface area (Å²) in [6.07, 6.45) is 14.0. The lowest BCUT2D eigenvalue weighted by Gasteiger charge is -2.10. The van der Waals surface area contributed by atoms with Crippen molar-refractivity contribution in [3.05, 3.63) is 48.5 Å². The Morgan fingerprint density at radius 1 is 0.310 bits per heavy atom. The number of carbonyl (C=O) groups excluding carboxylic acids is 6. The number of aliphatic hydroxyl groups is 2.